The summed E-state index contributed by atoms with van der Waals surface area (Å²) in [4.78, 5) is 15.3. The normalized spacial score (nSPS) is 11.0. The molecule has 0 aliphatic rings. The Morgan fingerprint density at radius 2 is 2.08 bits per heavy atom. The Bertz CT molecular complexity index is 826. The van der Waals surface area contributed by atoms with Crippen molar-refractivity contribution in [1.82, 2.24) is 10.3 Å². The van der Waals surface area contributed by atoms with Crippen molar-refractivity contribution < 1.29 is 23.1 Å². The number of carbonyl (C=O) groups is 1. The van der Waals surface area contributed by atoms with Gasteiger partial charge in [0, 0.05) is 12.7 Å². The van der Waals surface area contributed by atoms with Gasteiger partial charge in [0.05, 0.1) is 17.2 Å². The Morgan fingerprint density at radius 1 is 1.38 bits per heavy atom. The van der Waals surface area contributed by atoms with Gasteiger partial charge in [-0.2, -0.15) is 18.4 Å². The van der Waals surface area contributed by atoms with E-state index in [0.29, 0.717) is 17.8 Å². The van der Waals surface area contributed by atoms with Gasteiger partial charge in [-0.3, -0.25) is 4.79 Å². The number of benzene rings is 1. The first kappa shape index (κ1) is 17.3. The van der Waals surface area contributed by atoms with Crippen LogP contribution in [0, 0.1) is 18.3 Å². The average molecular weight is 335 g/mol. The molecule has 0 spiro atoms. The van der Waals surface area contributed by atoms with Crippen LogP contribution in [0.25, 0.3) is 0 Å². The van der Waals surface area contributed by atoms with Crippen LogP contribution in [0.15, 0.2) is 30.5 Å². The molecular weight excluding hydrogens is 323 g/mol. The number of nitrogens with one attached hydrogen (secondary N) is 1. The van der Waals surface area contributed by atoms with Crippen molar-refractivity contribution in [1.29, 1.82) is 5.26 Å². The number of nitrogens with zero attached hydrogens (tertiary/aromatic N) is 2. The molecule has 24 heavy (non-hydrogen) atoms. The standard InChI is InChI=1S/C16H12F3N3O2/c1-9-4-10(6-20)2-3-11(9)7-22-15(24)14-13(23)5-12(8-21-14)16(17,18)19/h2-5,8,23H,7H2,1H3,(H,22,24). The van der Waals surface area contributed by atoms with Crippen LogP contribution in [0.5, 0.6) is 5.75 Å². The number of alkyl halides is 3. The molecule has 0 aliphatic heterocycles. The van der Waals surface area contributed by atoms with Crippen LogP contribution in [0.2, 0.25) is 0 Å². The maximum atomic E-state index is 12.5. The summed E-state index contributed by atoms with van der Waals surface area (Å²) in [6.07, 6.45) is -4.17. The third kappa shape index (κ3) is 3.81. The molecule has 0 atom stereocenters. The number of carbonyl (C=O) groups excluding carboxylic acids is 1. The maximum Gasteiger partial charge on any atom is 0.418 e. The molecule has 1 amide bonds. The van der Waals surface area contributed by atoms with E-state index in [1.165, 1.54) is 0 Å². The molecule has 1 aromatic heterocycles. The second-order valence-corrected chi connectivity index (χ2v) is 5.03. The number of hydrogen-bond acceptors (Lipinski definition) is 4. The van der Waals surface area contributed by atoms with Crippen molar-refractivity contribution in [3.8, 4) is 11.8 Å². The van der Waals surface area contributed by atoms with Crippen molar-refractivity contribution in [2.24, 2.45) is 0 Å². The Balaban J connectivity index is 2.12. The van der Waals surface area contributed by atoms with E-state index in [9.17, 15) is 23.1 Å². The lowest BCUT2D eigenvalue weighted by Gasteiger charge is -2.10. The molecule has 2 rings (SSSR count). The fraction of sp³-hybridized carbons (Fsp3) is 0.188. The van der Waals surface area contributed by atoms with E-state index in [0.717, 1.165) is 11.1 Å². The zero-order chi connectivity index (χ0) is 17.9. The molecule has 0 saturated heterocycles. The van der Waals surface area contributed by atoms with Gasteiger partial charge in [0.1, 0.15) is 5.75 Å². The largest absolute Gasteiger partial charge is 0.505 e. The molecule has 0 unspecified atom stereocenters. The van der Waals surface area contributed by atoms with Gasteiger partial charge in [-0.1, -0.05) is 6.07 Å². The van der Waals surface area contributed by atoms with Gasteiger partial charge in [0.2, 0.25) is 0 Å². The van der Waals surface area contributed by atoms with E-state index in [2.05, 4.69) is 10.3 Å². The van der Waals surface area contributed by atoms with Crippen molar-refractivity contribution in [3.63, 3.8) is 0 Å². The fourth-order valence-corrected chi connectivity index (χ4v) is 2.01. The van der Waals surface area contributed by atoms with E-state index in [4.69, 9.17) is 5.26 Å². The average Bonchev–Trinajstić information content (AvgIpc) is 2.52. The van der Waals surface area contributed by atoms with Crippen molar-refractivity contribution in [3.05, 3.63) is 58.4 Å². The number of nitriles is 1. The van der Waals surface area contributed by atoms with E-state index >= 15 is 0 Å². The third-order valence-corrected chi connectivity index (χ3v) is 3.32. The summed E-state index contributed by atoms with van der Waals surface area (Å²) in [5, 5.41) is 20.8. The number of aryl methyl sites for hydroxylation is 1. The molecule has 124 valence electrons. The molecule has 0 bridgehead atoms. The van der Waals surface area contributed by atoms with Crippen LogP contribution < -0.4 is 5.32 Å². The lowest BCUT2D eigenvalue weighted by atomic mass is 10.1. The minimum atomic E-state index is -4.65. The second-order valence-electron chi connectivity index (χ2n) is 5.03. The number of halogens is 3. The zero-order valence-electron chi connectivity index (χ0n) is 12.5. The van der Waals surface area contributed by atoms with Crippen molar-refractivity contribution in [2.75, 3.05) is 0 Å². The first-order valence-corrected chi connectivity index (χ1v) is 6.76. The van der Waals surface area contributed by atoms with Crippen LogP contribution in [0.3, 0.4) is 0 Å². The van der Waals surface area contributed by atoms with Crippen LogP contribution in [-0.2, 0) is 12.7 Å². The molecule has 2 aromatic rings. The van der Waals surface area contributed by atoms with Crippen LogP contribution in [0.1, 0.15) is 32.7 Å². The smallest absolute Gasteiger partial charge is 0.418 e. The summed E-state index contributed by atoms with van der Waals surface area (Å²) in [6, 6.07) is 7.34. The molecular formula is C16H12F3N3O2. The number of aromatic hydroxyl groups is 1. The molecule has 1 heterocycles. The molecule has 0 saturated carbocycles. The summed E-state index contributed by atoms with van der Waals surface area (Å²) in [7, 11) is 0. The predicted molar refractivity (Wildman–Crippen MR) is 78.0 cm³/mol. The molecule has 1 aromatic carbocycles. The summed E-state index contributed by atoms with van der Waals surface area (Å²) in [5.74, 6) is -1.65. The molecule has 8 heteroatoms. The summed E-state index contributed by atoms with van der Waals surface area (Å²) < 4.78 is 37.5. The highest BCUT2D eigenvalue weighted by molar-refractivity contribution is 5.94. The summed E-state index contributed by atoms with van der Waals surface area (Å²) >= 11 is 0. The second kappa shape index (κ2) is 6.58. The maximum absolute atomic E-state index is 12.5. The highest BCUT2D eigenvalue weighted by Gasteiger charge is 2.32. The molecule has 0 aliphatic carbocycles. The monoisotopic (exact) mass is 335 g/mol. The number of pyridine rings is 1. The lowest BCUT2D eigenvalue weighted by Crippen LogP contribution is -2.24. The van der Waals surface area contributed by atoms with E-state index in [-0.39, 0.29) is 6.54 Å². The van der Waals surface area contributed by atoms with E-state index < -0.39 is 29.1 Å². The summed E-state index contributed by atoms with van der Waals surface area (Å²) in [5.41, 5.74) is 0.353. The molecule has 0 fully saturated rings. The van der Waals surface area contributed by atoms with Gasteiger partial charge in [-0.25, -0.2) is 4.98 Å². The van der Waals surface area contributed by atoms with Crippen molar-refractivity contribution in [2.45, 2.75) is 19.6 Å². The SMILES string of the molecule is Cc1cc(C#N)ccc1CNC(=O)c1ncc(C(F)(F)F)cc1O. The third-order valence-electron chi connectivity index (χ3n) is 3.32. The van der Waals surface area contributed by atoms with Crippen LogP contribution in [0.4, 0.5) is 13.2 Å². The number of hydrogen-bond donors (Lipinski definition) is 2. The predicted octanol–water partition coefficient (Wildman–Crippen LogP) is 2.92. The minimum Gasteiger partial charge on any atom is -0.505 e. The van der Waals surface area contributed by atoms with Crippen LogP contribution in [-0.4, -0.2) is 16.0 Å². The van der Waals surface area contributed by atoms with Crippen LogP contribution >= 0.6 is 0 Å². The zero-order valence-corrected chi connectivity index (χ0v) is 12.5. The van der Waals surface area contributed by atoms with Gasteiger partial charge in [0.15, 0.2) is 5.69 Å². The Morgan fingerprint density at radius 3 is 2.62 bits per heavy atom. The first-order chi connectivity index (χ1) is 11.2. The Kier molecular flexibility index (Phi) is 4.74. The molecule has 2 N–H and O–H groups in total. The van der Waals surface area contributed by atoms with Crippen molar-refractivity contribution >= 4 is 5.91 Å². The van der Waals surface area contributed by atoms with Gasteiger partial charge in [0.25, 0.3) is 5.91 Å². The van der Waals surface area contributed by atoms with E-state index in [1.54, 1.807) is 25.1 Å². The first-order valence-electron chi connectivity index (χ1n) is 6.76. The molecule has 5 nitrogen and oxygen atoms in total. The lowest BCUT2D eigenvalue weighted by molar-refractivity contribution is -0.138. The van der Waals surface area contributed by atoms with Gasteiger partial charge < -0.3 is 10.4 Å². The van der Waals surface area contributed by atoms with Gasteiger partial charge >= 0.3 is 6.18 Å². The van der Waals surface area contributed by atoms with E-state index in [1.807, 2.05) is 6.07 Å². The van der Waals surface area contributed by atoms with Gasteiger partial charge in [-0.15, -0.1) is 0 Å². The topological polar surface area (TPSA) is 86.0 Å². The number of rotatable bonds is 3. The van der Waals surface area contributed by atoms with Gasteiger partial charge in [-0.05, 0) is 36.2 Å². The highest BCUT2D eigenvalue weighted by Crippen LogP contribution is 2.31. The molecule has 0 radical (unpaired) electrons. The highest BCUT2D eigenvalue weighted by atomic mass is 19.4. The number of amides is 1. The Labute approximate surface area is 135 Å². The summed E-state index contributed by atoms with van der Waals surface area (Å²) in [6.45, 7) is 1.84. The number of aromatic nitrogens is 1. The fourth-order valence-electron chi connectivity index (χ4n) is 2.01. The minimum absolute atomic E-state index is 0.0819. The quantitative estimate of drug-likeness (QED) is 0.903. The Hall–Kier alpha value is -3.08.